The Balaban J connectivity index is 2.69. The number of carboxylic acids is 1. The lowest BCUT2D eigenvalue weighted by Crippen LogP contribution is -2.46. The number of carbonyl (C=O) groups is 2. The van der Waals surface area contributed by atoms with Crippen molar-refractivity contribution in [2.45, 2.75) is 39.2 Å². The molecule has 1 heterocycles. The van der Waals surface area contributed by atoms with Crippen LogP contribution in [0.5, 0.6) is 5.75 Å². The van der Waals surface area contributed by atoms with Crippen LogP contribution in [-0.4, -0.2) is 34.7 Å². The van der Waals surface area contributed by atoms with E-state index in [1.807, 2.05) is 0 Å². The molecule has 0 radical (unpaired) electrons. The third kappa shape index (κ3) is 5.68. The number of aromatic nitrogens is 1. The number of aliphatic carboxylic acids is 1. The number of nitrogens with one attached hydrogen (secondary N) is 2. The van der Waals surface area contributed by atoms with E-state index in [0.717, 1.165) is 5.69 Å². The summed E-state index contributed by atoms with van der Waals surface area (Å²) >= 11 is 0. The van der Waals surface area contributed by atoms with Crippen molar-refractivity contribution in [2.24, 2.45) is 0 Å². The highest BCUT2D eigenvalue weighted by molar-refractivity contribution is 5.90. The van der Waals surface area contributed by atoms with Crippen molar-refractivity contribution in [1.29, 1.82) is 0 Å². The third-order valence-electron chi connectivity index (χ3n) is 2.87. The molecular weight excluding hydrogens is 274 g/mol. The maximum atomic E-state index is 12.0. The zero-order valence-electron chi connectivity index (χ0n) is 12.7. The zero-order chi connectivity index (χ0) is 16.0. The van der Waals surface area contributed by atoms with Gasteiger partial charge in [0.15, 0.2) is 11.6 Å². The first-order valence-electron chi connectivity index (χ1n) is 6.56. The number of methoxy groups -OCH3 is 1. The quantitative estimate of drug-likeness (QED) is 0.746. The van der Waals surface area contributed by atoms with Gasteiger partial charge in [-0.1, -0.05) is 0 Å². The molecule has 1 aromatic rings. The number of carbonyl (C=O) groups excluding carboxylic acids is 1. The average Bonchev–Trinajstić information content (AvgIpc) is 2.36. The first kappa shape index (κ1) is 16.7. The molecule has 0 aromatic carbocycles. The molecule has 1 aromatic heterocycles. The molecule has 0 atom stereocenters. The van der Waals surface area contributed by atoms with E-state index in [4.69, 9.17) is 9.84 Å². The van der Waals surface area contributed by atoms with Gasteiger partial charge in [-0.3, -0.25) is 10.1 Å². The molecule has 0 fully saturated rings. The van der Waals surface area contributed by atoms with Crippen molar-refractivity contribution >= 4 is 17.8 Å². The molecule has 21 heavy (non-hydrogen) atoms. The summed E-state index contributed by atoms with van der Waals surface area (Å²) in [5, 5.41) is 14.0. The molecule has 0 saturated heterocycles. The lowest BCUT2D eigenvalue weighted by Gasteiger charge is -2.25. The van der Waals surface area contributed by atoms with Crippen LogP contribution < -0.4 is 15.4 Å². The number of rotatable bonds is 6. The summed E-state index contributed by atoms with van der Waals surface area (Å²) in [5.74, 6) is -0.115. The van der Waals surface area contributed by atoms with Crippen LogP contribution in [0, 0.1) is 6.92 Å². The number of hydrogen-bond acceptors (Lipinski definition) is 4. The third-order valence-corrected chi connectivity index (χ3v) is 2.87. The average molecular weight is 295 g/mol. The molecule has 0 aliphatic carbocycles. The standard InChI is InChI=1S/C14H21N3O4/c1-9-5-6-10(21-4)12(15-9)16-13(20)17-14(2,3)8-7-11(18)19/h5-6H,7-8H2,1-4H3,(H,18,19)(H2,15,16,17,20). The van der Waals surface area contributed by atoms with Gasteiger partial charge in [0.1, 0.15) is 0 Å². The zero-order valence-corrected chi connectivity index (χ0v) is 12.7. The number of amides is 2. The van der Waals surface area contributed by atoms with E-state index in [2.05, 4.69) is 15.6 Å². The van der Waals surface area contributed by atoms with Gasteiger partial charge < -0.3 is 15.2 Å². The van der Waals surface area contributed by atoms with Crippen LogP contribution in [0.3, 0.4) is 0 Å². The number of urea groups is 1. The van der Waals surface area contributed by atoms with E-state index >= 15 is 0 Å². The highest BCUT2D eigenvalue weighted by atomic mass is 16.5. The minimum Gasteiger partial charge on any atom is -0.493 e. The van der Waals surface area contributed by atoms with Gasteiger partial charge in [0.2, 0.25) is 0 Å². The summed E-state index contributed by atoms with van der Waals surface area (Å²) in [6, 6.07) is 3.04. The molecule has 1 rings (SSSR count). The first-order chi connectivity index (χ1) is 9.73. The Morgan fingerprint density at radius 1 is 1.38 bits per heavy atom. The fraction of sp³-hybridized carbons (Fsp3) is 0.500. The number of hydrogen-bond donors (Lipinski definition) is 3. The normalized spacial score (nSPS) is 10.9. The smallest absolute Gasteiger partial charge is 0.320 e. The van der Waals surface area contributed by atoms with E-state index < -0.39 is 17.5 Å². The molecule has 7 heteroatoms. The molecule has 3 N–H and O–H groups in total. The second-order valence-corrected chi connectivity index (χ2v) is 5.36. The van der Waals surface area contributed by atoms with Crippen LogP contribution >= 0.6 is 0 Å². The minimum atomic E-state index is -0.896. The molecule has 0 spiro atoms. The number of aryl methyl sites for hydroxylation is 1. The molecule has 0 unspecified atom stereocenters. The Kier molecular flexibility index (Phi) is 5.52. The van der Waals surface area contributed by atoms with Crippen LogP contribution in [0.15, 0.2) is 12.1 Å². The summed E-state index contributed by atoms with van der Waals surface area (Å²) in [6.07, 6.45) is 0.313. The molecule has 7 nitrogen and oxygen atoms in total. The summed E-state index contributed by atoms with van der Waals surface area (Å²) in [6.45, 7) is 5.33. The molecule has 0 aliphatic heterocycles. The van der Waals surface area contributed by atoms with E-state index in [-0.39, 0.29) is 6.42 Å². The van der Waals surface area contributed by atoms with Crippen molar-refractivity contribution in [1.82, 2.24) is 10.3 Å². The van der Waals surface area contributed by atoms with Crippen molar-refractivity contribution in [3.8, 4) is 5.75 Å². The predicted octanol–water partition coefficient (Wildman–Crippen LogP) is 2.16. The Hall–Kier alpha value is -2.31. The van der Waals surface area contributed by atoms with Crippen LogP contribution in [0.25, 0.3) is 0 Å². The van der Waals surface area contributed by atoms with Gasteiger partial charge in [-0.2, -0.15) is 0 Å². The van der Waals surface area contributed by atoms with E-state index in [0.29, 0.717) is 18.0 Å². The molecule has 0 bridgehead atoms. The summed E-state index contributed by atoms with van der Waals surface area (Å²) in [5.41, 5.74) is 0.107. The fourth-order valence-electron chi connectivity index (χ4n) is 1.73. The Bertz CT molecular complexity index is 529. The predicted molar refractivity (Wildman–Crippen MR) is 78.6 cm³/mol. The lowest BCUT2D eigenvalue weighted by molar-refractivity contribution is -0.137. The van der Waals surface area contributed by atoms with Gasteiger partial charge in [0, 0.05) is 17.7 Å². The highest BCUT2D eigenvalue weighted by Crippen LogP contribution is 2.22. The number of pyridine rings is 1. The summed E-state index contributed by atoms with van der Waals surface area (Å²) in [7, 11) is 1.49. The van der Waals surface area contributed by atoms with Gasteiger partial charge in [0.25, 0.3) is 0 Å². The number of nitrogens with zero attached hydrogens (tertiary/aromatic N) is 1. The lowest BCUT2D eigenvalue weighted by atomic mass is 9.99. The van der Waals surface area contributed by atoms with E-state index in [1.54, 1.807) is 32.9 Å². The van der Waals surface area contributed by atoms with Crippen LogP contribution in [-0.2, 0) is 4.79 Å². The topological polar surface area (TPSA) is 101 Å². The highest BCUT2D eigenvalue weighted by Gasteiger charge is 2.22. The summed E-state index contributed by atoms with van der Waals surface area (Å²) < 4.78 is 5.13. The molecule has 0 aliphatic rings. The van der Waals surface area contributed by atoms with Crippen molar-refractivity contribution in [2.75, 3.05) is 12.4 Å². The SMILES string of the molecule is COc1ccc(C)nc1NC(=O)NC(C)(C)CCC(=O)O. The molecule has 2 amide bonds. The van der Waals surface area contributed by atoms with Gasteiger partial charge >= 0.3 is 12.0 Å². The Morgan fingerprint density at radius 2 is 2.05 bits per heavy atom. The molecule has 116 valence electrons. The molecule has 0 saturated carbocycles. The fourth-order valence-corrected chi connectivity index (χ4v) is 1.73. The Morgan fingerprint density at radius 3 is 2.62 bits per heavy atom. The van der Waals surface area contributed by atoms with Crippen molar-refractivity contribution in [3.05, 3.63) is 17.8 Å². The van der Waals surface area contributed by atoms with Crippen molar-refractivity contribution in [3.63, 3.8) is 0 Å². The second-order valence-electron chi connectivity index (χ2n) is 5.36. The number of ether oxygens (including phenoxy) is 1. The second kappa shape index (κ2) is 6.92. The largest absolute Gasteiger partial charge is 0.493 e. The van der Waals surface area contributed by atoms with E-state index in [9.17, 15) is 9.59 Å². The Labute approximate surface area is 123 Å². The maximum Gasteiger partial charge on any atom is 0.320 e. The summed E-state index contributed by atoms with van der Waals surface area (Å²) in [4.78, 5) is 26.8. The van der Waals surface area contributed by atoms with Crippen LogP contribution in [0.1, 0.15) is 32.4 Å². The first-order valence-corrected chi connectivity index (χ1v) is 6.56. The van der Waals surface area contributed by atoms with Gasteiger partial charge in [0.05, 0.1) is 7.11 Å². The minimum absolute atomic E-state index is 0.0146. The van der Waals surface area contributed by atoms with Gasteiger partial charge in [-0.25, -0.2) is 9.78 Å². The van der Waals surface area contributed by atoms with Crippen LogP contribution in [0.4, 0.5) is 10.6 Å². The number of anilines is 1. The van der Waals surface area contributed by atoms with E-state index in [1.165, 1.54) is 7.11 Å². The van der Waals surface area contributed by atoms with Gasteiger partial charge in [-0.15, -0.1) is 0 Å². The monoisotopic (exact) mass is 295 g/mol. The molecular formula is C14H21N3O4. The van der Waals surface area contributed by atoms with Crippen LogP contribution in [0.2, 0.25) is 0 Å². The van der Waals surface area contributed by atoms with Crippen molar-refractivity contribution < 1.29 is 19.4 Å². The maximum absolute atomic E-state index is 12.0. The number of carboxylic acid groups (broad SMARTS) is 1. The van der Waals surface area contributed by atoms with Gasteiger partial charge in [-0.05, 0) is 39.3 Å².